The summed E-state index contributed by atoms with van der Waals surface area (Å²) in [7, 11) is -3.19. The molecule has 90 valence electrons. The lowest BCUT2D eigenvalue weighted by atomic mass is 9.95. The summed E-state index contributed by atoms with van der Waals surface area (Å²) in [5.41, 5.74) is -0.632. The quantitative estimate of drug-likeness (QED) is 0.516. The predicted octanol–water partition coefficient (Wildman–Crippen LogP) is -0.0832. The van der Waals surface area contributed by atoms with Gasteiger partial charge in [0.15, 0.2) is 0 Å². The van der Waals surface area contributed by atoms with Gasteiger partial charge in [-0.1, -0.05) is 0 Å². The zero-order valence-electron chi connectivity index (χ0n) is 9.13. The van der Waals surface area contributed by atoms with Crippen LogP contribution in [0, 0.1) is 5.41 Å². The SMILES string of the molecule is CC(C)(CCl)C(=O)NCCNS(C)(=O)=O. The van der Waals surface area contributed by atoms with Gasteiger partial charge in [0.1, 0.15) is 0 Å². The maximum atomic E-state index is 11.4. The van der Waals surface area contributed by atoms with Crippen molar-refractivity contribution in [2.45, 2.75) is 13.8 Å². The van der Waals surface area contributed by atoms with E-state index in [2.05, 4.69) is 10.0 Å². The molecule has 0 aliphatic carbocycles. The summed E-state index contributed by atoms with van der Waals surface area (Å²) in [6, 6.07) is 0. The van der Waals surface area contributed by atoms with Gasteiger partial charge in [0.2, 0.25) is 15.9 Å². The second-order valence-electron chi connectivity index (χ2n) is 3.94. The molecule has 1 amide bonds. The van der Waals surface area contributed by atoms with Crippen molar-refractivity contribution in [1.29, 1.82) is 0 Å². The van der Waals surface area contributed by atoms with Gasteiger partial charge in [0.25, 0.3) is 0 Å². The highest BCUT2D eigenvalue weighted by atomic mass is 35.5. The second-order valence-corrected chi connectivity index (χ2v) is 6.04. The van der Waals surface area contributed by atoms with Crippen LogP contribution in [0.4, 0.5) is 0 Å². The maximum absolute atomic E-state index is 11.4. The highest BCUT2D eigenvalue weighted by Gasteiger charge is 2.25. The Balaban J connectivity index is 3.84. The molecule has 0 saturated carbocycles. The first-order valence-corrected chi connectivity index (χ1v) is 6.90. The highest BCUT2D eigenvalue weighted by Crippen LogP contribution is 2.16. The zero-order valence-corrected chi connectivity index (χ0v) is 10.7. The predicted molar refractivity (Wildman–Crippen MR) is 60.4 cm³/mol. The summed E-state index contributed by atoms with van der Waals surface area (Å²) < 4.78 is 23.6. The third-order valence-corrected chi connectivity index (χ3v) is 3.12. The van der Waals surface area contributed by atoms with E-state index in [9.17, 15) is 13.2 Å². The third kappa shape index (κ3) is 6.70. The van der Waals surface area contributed by atoms with Gasteiger partial charge < -0.3 is 5.32 Å². The summed E-state index contributed by atoms with van der Waals surface area (Å²) in [5, 5.41) is 2.60. The van der Waals surface area contributed by atoms with Crippen molar-refractivity contribution in [3.63, 3.8) is 0 Å². The van der Waals surface area contributed by atoms with E-state index in [0.29, 0.717) is 0 Å². The minimum atomic E-state index is -3.19. The average Bonchev–Trinajstić information content (AvgIpc) is 2.10. The van der Waals surface area contributed by atoms with E-state index in [1.54, 1.807) is 13.8 Å². The van der Waals surface area contributed by atoms with Crippen LogP contribution in [-0.2, 0) is 14.8 Å². The van der Waals surface area contributed by atoms with Crippen molar-refractivity contribution in [2.24, 2.45) is 5.41 Å². The smallest absolute Gasteiger partial charge is 0.226 e. The summed E-state index contributed by atoms with van der Waals surface area (Å²) in [6.07, 6.45) is 1.07. The zero-order chi connectivity index (χ0) is 12.1. The van der Waals surface area contributed by atoms with Crippen LogP contribution in [0.2, 0.25) is 0 Å². The van der Waals surface area contributed by atoms with Crippen LogP contribution < -0.4 is 10.0 Å². The standard InChI is InChI=1S/C8H17ClN2O3S/c1-8(2,6-9)7(12)10-4-5-11-15(3,13)14/h11H,4-6H2,1-3H3,(H,10,12). The number of hydrogen-bond acceptors (Lipinski definition) is 3. The Labute approximate surface area is 95.6 Å². The molecule has 0 bridgehead atoms. The normalized spacial score (nSPS) is 12.5. The monoisotopic (exact) mass is 256 g/mol. The van der Waals surface area contributed by atoms with Gasteiger partial charge in [-0.05, 0) is 13.8 Å². The van der Waals surface area contributed by atoms with Gasteiger partial charge in [-0.15, -0.1) is 11.6 Å². The Morgan fingerprint density at radius 2 is 1.87 bits per heavy atom. The second kappa shape index (κ2) is 5.67. The number of alkyl halides is 1. The Bertz CT molecular complexity index is 314. The maximum Gasteiger partial charge on any atom is 0.226 e. The third-order valence-electron chi connectivity index (χ3n) is 1.72. The first-order valence-electron chi connectivity index (χ1n) is 4.48. The van der Waals surface area contributed by atoms with Crippen molar-refractivity contribution in [2.75, 3.05) is 25.2 Å². The van der Waals surface area contributed by atoms with Gasteiger partial charge >= 0.3 is 0 Å². The average molecular weight is 257 g/mol. The van der Waals surface area contributed by atoms with E-state index in [0.717, 1.165) is 6.26 Å². The molecule has 0 rings (SSSR count). The van der Waals surface area contributed by atoms with E-state index in [4.69, 9.17) is 11.6 Å². The largest absolute Gasteiger partial charge is 0.354 e. The summed E-state index contributed by atoms with van der Waals surface area (Å²) in [5.74, 6) is 0.0334. The van der Waals surface area contributed by atoms with Gasteiger partial charge in [-0.3, -0.25) is 4.79 Å². The van der Waals surface area contributed by atoms with E-state index in [1.807, 2.05) is 0 Å². The van der Waals surface area contributed by atoms with Gasteiger partial charge in [-0.25, -0.2) is 13.1 Å². The Kier molecular flexibility index (Phi) is 5.55. The van der Waals surface area contributed by atoms with Crippen molar-refractivity contribution < 1.29 is 13.2 Å². The van der Waals surface area contributed by atoms with Crippen LogP contribution in [0.25, 0.3) is 0 Å². The molecule has 5 nitrogen and oxygen atoms in total. The number of sulfonamides is 1. The van der Waals surface area contributed by atoms with Gasteiger partial charge in [-0.2, -0.15) is 0 Å². The molecular formula is C8H17ClN2O3S. The number of amides is 1. The van der Waals surface area contributed by atoms with Crippen LogP contribution >= 0.6 is 11.6 Å². The number of hydrogen-bond donors (Lipinski definition) is 2. The number of nitrogens with one attached hydrogen (secondary N) is 2. The fourth-order valence-electron chi connectivity index (χ4n) is 0.712. The molecule has 0 saturated heterocycles. The lowest BCUT2D eigenvalue weighted by Gasteiger charge is -2.20. The molecule has 0 spiro atoms. The molecule has 2 N–H and O–H groups in total. The first kappa shape index (κ1) is 14.7. The fourth-order valence-corrected chi connectivity index (χ4v) is 1.31. The van der Waals surface area contributed by atoms with Crippen LogP contribution in [-0.4, -0.2) is 39.6 Å². The topological polar surface area (TPSA) is 75.3 Å². The molecule has 0 aromatic carbocycles. The van der Waals surface area contributed by atoms with Gasteiger partial charge in [0, 0.05) is 19.0 Å². The lowest BCUT2D eigenvalue weighted by molar-refractivity contribution is -0.128. The Hall–Kier alpha value is -0.330. The molecular weight excluding hydrogens is 240 g/mol. The number of rotatable bonds is 6. The number of halogens is 1. The lowest BCUT2D eigenvalue weighted by Crippen LogP contribution is -2.41. The van der Waals surface area contributed by atoms with Crippen LogP contribution in [0.1, 0.15) is 13.8 Å². The van der Waals surface area contributed by atoms with E-state index in [1.165, 1.54) is 0 Å². The van der Waals surface area contributed by atoms with Crippen LogP contribution in [0.15, 0.2) is 0 Å². The van der Waals surface area contributed by atoms with E-state index < -0.39 is 15.4 Å². The molecule has 15 heavy (non-hydrogen) atoms. The summed E-state index contributed by atoms with van der Waals surface area (Å²) >= 11 is 5.60. The summed E-state index contributed by atoms with van der Waals surface area (Å²) in [4.78, 5) is 11.4. The summed E-state index contributed by atoms with van der Waals surface area (Å²) in [6.45, 7) is 3.88. The van der Waals surface area contributed by atoms with E-state index in [-0.39, 0.29) is 24.9 Å². The minimum absolute atomic E-state index is 0.183. The van der Waals surface area contributed by atoms with E-state index >= 15 is 0 Å². The first-order chi connectivity index (χ1) is 6.69. The molecule has 0 aliphatic heterocycles. The molecule has 0 unspecified atom stereocenters. The van der Waals surface area contributed by atoms with Crippen molar-refractivity contribution in [1.82, 2.24) is 10.0 Å². The van der Waals surface area contributed by atoms with Crippen molar-refractivity contribution in [3.8, 4) is 0 Å². The van der Waals surface area contributed by atoms with Crippen LogP contribution in [0.3, 0.4) is 0 Å². The number of carbonyl (C=O) groups excluding carboxylic acids is 1. The minimum Gasteiger partial charge on any atom is -0.354 e. The molecule has 0 heterocycles. The molecule has 7 heteroatoms. The molecule has 0 aliphatic rings. The molecule has 0 atom stereocenters. The van der Waals surface area contributed by atoms with Crippen molar-refractivity contribution >= 4 is 27.5 Å². The molecule has 0 aromatic heterocycles. The Morgan fingerprint density at radius 3 is 2.27 bits per heavy atom. The molecule has 0 radical (unpaired) electrons. The fraction of sp³-hybridized carbons (Fsp3) is 0.875. The van der Waals surface area contributed by atoms with Crippen LogP contribution in [0.5, 0.6) is 0 Å². The molecule has 0 aromatic rings. The number of carbonyl (C=O) groups is 1. The Morgan fingerprint density at radius 1 is 1.33 bits per heavy atom. The van der Waals surface area contributed by atoms with Crippen molar-refractivity contribution in [3.05, 3.63) is 0 Å². The molecule has 0 fully saturated rings. The van der Waals surface area contributed by atoms with Gasteiger partial charge in [0.05, 0.1) is 11.7 Å². The highest BCUT2D eigenvalue weighted by molar-refractivity contribution is 7.88.